The van der Waals surface area contributed by atoms with Gasteiger partial charge in [-0.25, -0.2) is 4.98 Å². The largest absolute Gasteiger partial charge is 0.463 e. The van der Waals surface area contributed by atoms with Crippen LogP contribution >= 0.6 is 0 Å². The van der Waals surface area contributed by atoms with Gasteiger partial charge in [0.05, 0.1) is 18.5 Å². The Labute approximate surface area is 143 Å². The number of aromatic nitrogens is 3. The van der Waals surface area contributed by atoms with Crippen LogP contribution < -0.4 is 5.56 Å². The Balaban J connectivity index is 1.62. The van der Waals surface area contributed by atoms with Gasteiger partial charge in [-0.3, -0.25) is 9.59 Å². The van der Waals surface area contributed by atoms with Crippen molar-refractivity contribution in [3.05, 3.63) is 64.7 Å². The van der Waals surface area contributed by atoms with Crippen LogP contribution in [0.5, 0.6) is 0 Å². The standard InChI is InChI=1S/C18H18N4O3/c1-21-9-8-19-16(21)11-22(12-4-5-12)18(24)13-6-7-14(20-17(13)23)15-3-2-10-25-15/h2-3,6-10,12H,4-5,11H2,1H3,(H,20,23). The number of aryl methyl sites for hydroxylation is 1. The van der Waals surface area contributed by atoms with E-state index < -0.39 is 5.56 Å². The summed E-state index contributed by atoms with van der Waals surface area (Å²) >= 11 is 0. The third kappa shape index (κ3) is 3.00. The highest BCUT2D eigenvalue weighted by Gasteiger charge is 2.34. The van der Waals surface area contributed by atoms with E-state index in [1.165, 1.54) is 6.26 Å². The van der Waals surface area contributed by atoms with Crippen LogP contribution in [-0.2, 0) is 13.6 Å². The molecule has 1 amide bonds. The van der Waals surface area contributed by atoms with Crippen LogP contribution in [0.15, 0.2) is 52.1 Å². The highest BCUT2D eigenvalue weighted by molar-refractivity contribution is 5.94. The Hall–Kier alpha value is -3.09. The molecular weight excluding hydrogens is 320 g/mol. The van der Waals surface area contributed by atoms with E-state index in [1.54, 1.807) is 35.4 Å². The molecule has 1 fully saturated rings. The molecule has 7 nitrogen and oxygen atoms in total. The molecule has 0 unspecified atom stereocenters. The van der Waals surface area contributed by atoms with Gasteiger partial charge in [0.1, 0.15) is 17.1 Å². The number of nitrogens with zero attached hydrogens (tertiary/aromatic N) is 3. The summed E-state index contributed by atoms with van der Waals surface area (Å²) in [5.41, 5.74) is 0.273. The SMILES string of the molecule is Cn1ccnc1CN(C(=O)c1ccc(-c2ccco2)[nH]c1=O)C1CC1. The Morgan fingerprint density at radius 2 is 2.24 bits per heavy atom. The molecule has 25 heavy (non-hydrogen) atoms. The zero-order valence-electron chi connectivity index (χ0n) is 13.8. The average Bonchev–Trinajstić information content (AvgIpc) is 3.13. The highest BCUT2D eigenvalue weighted by Crippen LogP contribution is 2.29. The lowest BCUT2D eigenvalue weighted by molar-refractivity contribution is 0.0722. The summed E-state index contributed by atoms with van der Waals surface area (Å²) in [7, 11) is 1.89. The third-order valence-corrected chi connectivity index (χ3v) is 4.41. The number of nitrogens with one attached hydrogen (secondary N) is 1. The second-order valence-electron chi connectivity index (χ2n) is 6.21. The maximum absolute atomic E-state index is 12.9. The van der Waals surface area contributed by atoms with Gasteiger partial charge in [-0.05, 0) is 37.1 Å². The lowest BCUT2D eigenvalue weighted by atomic mass is 10.2. The number of carbonyl (C=O) groups excluding carboxylic acids is 1. The van der Waals surface area contributed by atoms with E-state index in [0.717, 1.165) is 18.7 Å². The molecular formula is C18H18N4O3. The fourth-order valence-electron chi connectivity index (χ4n) is 2.83. The minimum Gasteiger partial charge on any atom is -0.463 e. The normalized spacial score (nSPS) is 13.8. The first-order valence-electron chi connectivity index (χ1n) is 8.18. The predicted octanol–water partition coefficient (Wildman–Crippen LogP) is 2.17. The number of hydrogen-bond acceptors (Lipinski definition) is 4. The first kappa shape index (κ1) is 15.4. The van der Waals surface area contributed by atoms with Crippen LogP contribution in [0.2, 0.25) is 0 Å². The number of H-pyrrole nitrogens is 1. The molecule has 3 aromatic rings. The molecule has 1 aliphatic rings. The quantitative estimate of drug-likeness (QED) is 0.773. The summed E-state index contributed by atoms with van der Waals surface area (Å²) in [6, 6.07) is 6.93. The van der Waals surface area contributed by atoms with Crippen molar-refractivity contribution < 1.29 is 9.21 Å². The molecule has 4 rings (SSSR count). The first-order valence-corrected chi connectivity index (χ1v) is 8.18. The number of aromatic amines is 1. The van der Waals surface area contributed by atoms with Crippen molar-refractivity contribution in [3.8, 4) is 11.5 Å². The summed E-state index contributed by atoms with van der Waals surface area (Å²) in [5.74, 6) is 1.09. The minimum atomic E-state index is -0.413. The van der Waals surface area contributed by atoms with Crippen molar-refractivity contribution in [2.45, 2.75) is 25.4 Å². The van der Waals surface area contributed by atoms with Crippen molar-refractivity contribution in [1.29, 1.82) is 0 Å². The number of hydrogen-bond donors (Lipinski definition) is 1. The molecule has 0 aliphatic heterocycles. The molecule has 0 atom stereocenters. The van der Waals surface area contributed by atoms with Crippen LogP contribution in [0, 0.1) is 0 Å². The molecule has 1 N–H and O–H groups in total. The summed E-state index contributed by atoms with van der Waals surface area (Å²) < 4.78 is 7.16. The van der Waals surface area contributed by atoms with E-state index in [2.05, 4.69) is 9.97 Å². The maximum Gasteiger partial charge on any atom is 0.261 e. The molecule has 1 aliphatic carbocycles. The van der Waals surface area contributed by atoms with Crippen LogP contribution in [0.25, 0.3) is 11.5 Å². The van der Waals surface area contributed by atoms with E-state index in [4.69, 9.17) is 4.42 Å². The number of amides is 1. The highest BCUT2D eigenvalue weighted by atomic mass is 16.3. The molecule has 1 saturated carbocycles. The van der Waals surface area contributed by atoms with Gasteiger partial charge in [-0.1, -0.05) is 0 Å². The van der Waals surface area contributed by atoms with Gasteiger partial charge in [0.15, 0.2) is 0 Å². The third-order valence-electron chi connectivity index (χ3n) is 4.41. The average molecular weight is 338 g/mol. The minimum absolute atomic E-state index is 0.136. The van der Waals surface area contributed by atoms with Crippen molar-refractivity contribution in [3.63, 3.8) is 0 Å². The van der Waals surface area contributed by atoms with Crippen molar-refractivity contribution in [1.82, 2.24) is 19.4 Å². The molecule has 128 valence electrons. The number of rotatable bonds is 5. The number of pyridine rings is 1. The van der Waals surface area contributed by atoms with E-state index in [0.29, 0.717) is 18.0 Å². The topological polar surface area (TPSA) is 84.1 Å². The molecule has 3 aromatic heterocycles. The number of imidazole rings is 1. The summed E-state index contributed by atoms with van der Waals surface area (Å²) in [5, 5.41) is 0. The molecule has 0 radical (unpaired) electrons. The van der Waals surface area contributed by atoms with Gasteiger partial charge in [-0.2, -0.15) is 0 Å². The van der Waals surface area contributed by atoms with Crippen LogP contribution in [-0.4, -0.2) is 31.4 Å². The molecule has 0 saturated heterocycles. The van der Waals surface area contributed by atoms with E-state index in [-0.39, 0.29) is 17.5 Å². The summed E-state index contributed by atoms with van der Waals surface area (Å²) in [6.07, 6.45) is 7.00. The van der Waals surface area contributed by atoms with Gasteiger partial charge in [0.2, 0.25) is 0 Å². The van der Waals surface area contributed by atoms with E-state index in [9.17, 15) is 9.59 Å². The van der Waals surface area contributed by atoms with Crippen LogP contribution in [0.4, 0.5) is 0 Å². The first-order chi connectivity index (χ1) is 12.1. The molecule has 0 spiro atoms. The summed E-state index contributed by atoms with van der Waals surface area (Å²) in [4.78, 5) is 34.1. The lowest BCUT2D eigenvalue weighted by Crippen LogP contribution is -2.36. The zero-order valence-corrected chi connectivity index (χ0v) is 13.8. The Morgan fingerprint density at radius 3 is 2.84 bits per heavy atom. The predicted molar refractivity (Wildman–Crippen MR) is 90.9 cm³/mol. The van der Waals surface area contributed by atoms with Crippen LogP contribution in [0.1, 0.15) is 29.0 Å². The molecule has 7 heteroatoms. The molecule has 0 bridgehead atoms. The fourth-order valence-corrected chi connectivity index (χ4v) is 2.83. The molecule has 0 aromatic carbocycles. The fraction of sp³-hybridized carbons (Fsp3) is 0.278. The molecule has 3 heterocycles. The van der Waals surface area contributed by atoms with Gasteiger partial charge < -0.3 is 18.9 Å². The van der Waals surface area contributed by atoms with Gasteiger partial charge in [-0.15, -0.1) is 0 Å². The van der Waals surface area contributed by atoms with Crippen molar-refractivity contribution >= 4 is 5.91 Å². The number of carbonyl (C=O) groups is 1. The monoisotopic (exact) mass is 338 g/mol. The van der Waals surface area contributed by atoms with Crippen LogP contribution in [0.3, 0.4) is 0 Å². The second kappa shape index (κ2) is 6.08. The van der Waals surface area contributed by atoms with Gasteiger partial charge in [0, 0.05) is 25.5 Å². The summed E-state index contributed by atoms with van der Waals surface area (Å²) in [6.45, 7) is 0.395. The van der Waals surface area contributed by atoms with Gasteiger partial charge in [0.25, 0.3) is 11.5 Å². The smallest absolute Gasteiger partial charge is 0.261 e. The van der Waals surface area contributed by atoms with Crippen molar-refractivity contribution in [2.75, 3.05) is 0 Å². The van der Waals surface area contributed by atoms with Crippen molar-refractivity contribution in [2.24, 2.45) is 7.05 Å². The van der Waals surface area contributed by atoms with E-state index >= 15 is 0 Å². The van der Waals surface area contributed by atoms with Gasteiger partial charge >= 0.3 is 0 Å². The van der Waals surface area contributed by atoms with E-state index in [1.807, 2.05) is 17.8 Å². The number of furan rings is 1. The Bertz CT molecular complexity index is 951. The Kier molecular flexibility index (Phi) is 3.76. The zero-order chi connectivity index (χ0) is 17.4. The second-order valence-corrected chi connectivity index (χ2v) is 6.21. The lowest BCUT2D eigenvalue weighted by Gasteiger charge is -2.22. The maximum atomic E-state index is 12.9. The Morgan fingerprint density at radius 1 is 1.40 bits per heavy atom.